The molecule has 2 aromatic rings. The SMILES string of the molecule is COc1ccc(CCN=C2NN=C(c3ccc4c(c3)CCC(=O)N4)CS2)cc1OC. The number of amidine groups is 1. The zero-order chi connectivity index (χ0) is 20.9. The first-order valence-electron chi connectivity index (χ1n) is 9.80. The Morgan fingerprint density at radius 2 is 1.97 bits per heavy atom. The fourth-order valence-electron chi connectivity index (χ4n) is 3.43. The topological polar surface area (TPSA) is 84.3 Å². The van der Waals surface area contributed by atoms with Crippen molar-refractivity contribution in [2.45, 2.75) is 19.3 Å². The second-order valence-corrected chi connectivity index (χ2v) is 7.97. The van der Waals surface area contributed by atoms with Crippen LogP contribution in [-0.2, 0) is 17.6 Å². The van der Waals surface area contributed by atoms with Crippen LogP contribution in [-0.4, -0.2) is 43.3 Å². The summed E-state index contributed by atoms with van der Waals surface area (Å²) in [4.78, 5) is 16.1. The maximum atomic E-state index is 11.5. The van der Waals surface area contributed by atoms with Gasteiger partial charge in [0, 0.05) is 24.4 Å². The van der Waals surface area contributed by atoms with Crippen LogP contribution in [0.15, 0.2) is 46.5 Å². The summed E-state index contributed by atoms with van der Waals surface area (Å²) < 4.78 is 10.6. The molecule has 0 saturated carbocycles. The Bertz CT molecular complexity index is 1020. The second-order valence-electron chi connectivity index (χ2n) is 7.01. The van der Waals surface area contributed by atoms with Crippen LogP contribution < -0.4 is 20.2 Å². The quantitative estimate of drug-likeness (QED) is 0.744. The van der Waals surface area contributed by atoms with Gasteiger partial charge in [-0.3, -0.25) is 15.2 Å². The highest BCUT2D eigenvalue weighted by Gasteiger charge is 2.18. The number of nitrogens with one attached hydrogen (secondary N) is 2. The van der Waals surface area contributed by atoms with Crippen molar-refractivity contribution in [1.29, 1.82) is 0 Å². The first-order chi connectivity index (χ1) is 14.7. The summed E-state index contributed by atoms with van der Waals surface area (Å²) in [5.74, 6) is 2.29. The molecule has 2 aromatic carbocycles. The van der Waals surface area contributed by atoms with E-state index in [-0.39, 0.29) is 5.91 Å². The zero-order valence-electron chi connectivity index (χ0n) is 17.0. The van der Waals surface area contributed by atoms with E-state index in [1.807, 2.05) is 30.3 Å². The van der Waals surface area contributed by atoms with Gasteiger partial charge < -0.3 is 14.8 Å². The number of benzene rings is 2. The lowest BCUT2D eigenvalue weighted by Crippen LogP contribution is -2.26. The Morgan fingerprint density at radius 3 is 2.73 bits per heavy atom. The van der Waals surface area contributed by atoms with Crippen molar-refractivity contribution >= 4 is 34.2 Å². The van der Waals surface area contributed by atoms with E-state index < -0.39 is 0 Å². The van der Waals surface area contributed by atoms with Crippen LogP contribution in [0.1, 0.15) is 23.1 Å². The molecule has 0 aromatic heterocycles. The van der Waals surface area contributed by atoms with Gasteiger partial charge >= 0.3 is 0 Å². The number of fused-ring (bicyclic) bond motifs is 1. The van der Waals surface area contributed by atoms with E-state index in [1.54, 1.807) is 26.0 Å². The molecule has 8 heteroatoms. The molecule has 0 fully saturated rings. The molecule has 0 bridgehead atoms. The number of rotatable bonds is 6. The summed E-state index contributed by atoms with van der Waals surface area (Å²) in [5, 5.41) is 8.25. The Labute approximate surface area is 179 Å². The normalized spacial score (nSPS) is 16.9. The number of anilines is 1. The Morgan fingerprint density at radius 1 is 1.10 bits per heavy atom. The summed E-state index contributed by atoms with van der Waals surface area (Å²) in [6.07, 6.45) is 2.11. The molecule has 0 atom stereocenters. The van der Waals surface area contributed by atoms with E-state index in [0.717, 1.165) is 63.4 Å². The Kier molecular flexibility index (Phi) is 6.23. The fourth-order valence-corrected chi connectivity index (χ4v) is 4.23. The van der Waals surface area contributed by atoms with E-state index >= 15 is 0 Å². The molecule has 2 heterocycles. The standard InChI is InChI=1S/C22H24N4O3S/c1-28-19-7-3-14(11-20(19)29-2)9-10-23-22-26-25-18(13-30-22)16-4-6-17-15(12-16)5-8-21(27)24-17/h3-4,6-7,11-12H,5,8-10,13H2,1-2H3,(H,23,26)(H,24,27). The number of methoxy groups -OCH3 is 2. The van der Waals surface area contributed by atoms with Crippen molar-refractivity contribution in [1.82, 2.24) is 5.43 Å². The highest BCUT2D eigenvalue weighted by atomic mass is 32.2. The number of aryl methyl sites for hydroxylation is 1. The Balaban J connectivity index is 1.36. The van der Waals surface area contributed by atoms with E-state index in [2.05, 4.69) is 26.9 Å². The lowest BCUT2D eigenvalue weighted by molar-refractivity contribution is -0.116. The lowest BCUT2D eigenvalue weighted by Gasteiger charge is -2.19. The van der Waals surface area contributed by atoms with Gasteiger partial charge in [0.1, 0.15) is 0 Å². The van der Waals surface area contributed by atoms with E-state index in [1.165, 1.54) is 0 Å². The fraction of sp³-hybridized carbons (Fsp3) is 0.318. The molecular formula is C22H24N4O3S. The molecule has 0 spiro atoms. The first-order valence-corrected chi connectivity index (χ1v) is 10.8. The average Bonchev–Trinajstić information content (AvgIpc) is 2.79. The van der Waals surface area contributed by atoms with Crippen LogP contribution in [0, 0.1) is 0 Å². The van der Waals surface area contributed by atoms with Gasteiger partial charge in [-0.15, -0.1) is 0 Å². The molecular weight excluding hydrogens is 400 g/mol. The van der Waals surface area contributed by atoms with Crippen molar-refractivity contribution in [2.75, 3.05) is 31.8 Å². The predicted octanol–water partition coefficient (Wildman–Crippen LogP) is 3.23. The molecule has 2 aliphatic rings. The molecule has 0 saturated heterocycles. The summed E-state index contributed by atoms with van der Waals surface area (Å²) in [6.45, 7) is 0.661. The first kappa shape index (κ1) is 20.3. The van der Waals surface area contributed by atoms with Crippen molar-refractivity contribution < 1.29 is 14.3 Å². The van der Waals surface area contributed by atoms with Gasteiger partial charge in [-0.05, 0) is 53.8 Å². The monoisotopic (exact) mass is 424 g/mol. The van der Waals surface area contributed by atoms with Crippen molar-refractivity contribution in [2.24, 2.45) is 10.1 Å². The molecule has 4 rings (SSSR count). The Hall–Kier alpha value is -3.00. The molecule has 0 unspecified atom stereocenters. The molecule has 30 heavy (non-hydrogen) atoms. The van der Waals surface area contributed by atoms with Gasteiger partial charge in [0.25, 0.3) is 0 Å². The number of aliphatic imine (C=N–C) groups is 1. The van der Waals surface area contributed by atoms with E-state index in [4.69, 9.17) is 9.47 Å². The van der Waals surface area contributed by atoms with Gasteiger partial charge in [0.2, 0.25) is 5.91 Å². The highest BCUT2D eigenvalue weighted by Crippen LogP contribution is 2.28. The van der Waals surface area contributed by atoms with E-state index in [9.17, 15) is 4.79 Å². The van der Waals surface area contributed by atoms with Gasteiger partial charge in [-0.25, -0.2) is 0 Å². The minimum Gasteiger partial charge on any atom is -0.493 e. The van der Waals surface area contributed by atoms with Crippen molar-refractivity contribution in [3.63, 3.8) is 0 Å². The maximum absolute atomic E-state index is 11.5. The highest BCUT2D eigenvalue weighted by molar-refractivity contribution is 8.14. The molecule has 2 aliphatic heterocycles. The molecule has 7 nitrogen and oxygen atoms in total. The van der Waals surface area contributed by atoms with E-state index in [0.29, 0.717) is 13.0 Å². The maximum Gasteiger partial charge on any atom is 0.224 e. The number of ether oxygens (including phenoxy) is 2. The van der Waals surface area contributed by atoms with Crippen LogP contribution in [0.25, 0.3) is 0 Å². The number of amides is 1. The summed E-state index contributed by atoms with van der Waals surface area (Å²) in [7, 11) is 3.27. The largest absolute Gasteiger partial charge is 0.493 e. The molecule has 1 amide bonds. The zero-order valence-corrected chi connectivity index (χ0v) is 17.8. The number of nitrogens with zero attached hydrogens (tertiary/aromatic N) is 2. The van der Waals surface area contributed by atoms with Crippen LogP contribution in [0.2, 0.25) is 0 Å². The van der Waals surface area contributed by atoms with Gasteiger partial charge in [0.05, 0.1) is 19.9 Å². The number of hydrogen-bond acceptors (Lipinski definition) is 6. The molecule has 156 valence electrons. The summed E-state index contributed by atoms with van der Waals surface area (Å²) in [6, 6.07) is 12.0. The summed E-state index contributed by atoms with van der Waals surface area (Å²) in [5.41, 5.74) is 8.34. The number of carbonyl (C=O) groups is 1. The number of carbonyl (C=O) groups excluding carboxylic acids is 1. The predicted molar refractivity (Wildman–Crippen MR) is 121 cm³/mol. The average molecular weight is 425 g/mol. The van der Waals surface area contributed by atoms with Crippen molar-refractivity contribution in [3.05, 3.63) is 53.1 Å². The van der Waals surface area contributed by atoms with Crippen LogP contribution in [0.4, 0.5) is 5.69 Å². The second kappa shape index (κ2) is 9.21. The minimum absolute atomic E-state index is 0.0800. The van der Waals surface area contributed by atoms with Gasteiger partial charge in [-0.1, -0.05) is 23.9 Å². The lowest BCUT2D eigenvalue weighted by atomic mass is 9.99. The molecule has 0 radical (unpaired) electrons. The molecule has 2 N–H and O–H groups in total. The third-order valence-corrected chi connectivity index (χ3v) is 5.98. The third-order valence-electron chi connectivity index (χ3n) is 5.07. The smallest absolute Gasteiger partial charge is 0.224 e. The van der Waals surface area contributed by atoms with Crippen LogP contribution >= 0.6 is 11.8 Å². The van der Waals surface area contributed by atoms with Crippen LogP contribution in [0.3, 0.4) is 0 Å². The van der Waals surface area contributed by atoms with Crippen molar-refractivity contribution in [3.8, 4) is 11.5 Å². The molecule has 0 aliphatic carbocycles. The third kappa shape index (κ3) is 4.59. The number of hydrazone groups is 1. The number of thioether (sulfide) groups is 1. The van der Waals surface area contributed by atoms with Gasteiger partial charge in [-0.2, -0.15) is 5.10 Å². The van der Waals surface area contributed by atoms with Crippen LogP contribution in [0.5, 0.6) is 11.5 Å². The van der Waals surface area contributed by atoms with Gasteiger partial charge in [0.15, 0.2) is 16.7 Å². The number of hydrogen-bond donors (Lipinski definition) is 2. The summed E-state index contributed by atoms with van der Waals surface area (Å²) >= 11 is 1.65. The minimum atomic E-state index is 0.0800.